The van der Waals surface area contributed by atoms with Crippen molar-refractivity contribution in [3.63, 3.8) is 0 Å². The molecule has 5 nitrogen and oxygen atoms in total. The van der Waals surface area contributed by atoms with Crippen LogP contribution in [0, 0.1) is 23.5 Å². The maximum atomic E-state index is 13.9. The number of halogens is 2. The van der Waals surface area contributed by atoms with Gasteiger partial charge in [0.05, 0.1) is 12.6 Å². The van der Waals surface area contributed by atoms with E-state index in [-0.39, 0.29) is 29.7 Å². The second-order valence-corrected chi connectivity index (χ2v) is 6.80. The highest BCUT2D eigenvalue weighted by Crippen LogP contribution is 2.19. The van der Waals surface area contributed by atoms with Crippen LogP contribution in [-0.2, 0) is 9.59 Å². The molecular formula is C18H26F2N2O3. The number of aliphatic hydroxyl groups excluding tert-OH is 1. The predicted octanol–water partition coefficient (Wildman–Crippen LogP) is 2.30. The van der Waals surface area contributed by atoms with Crippen LogP contribution in [0.25, 0.3) is 0 Å². The van der Waals surface area contributed by atoms with E-state index in [0.717, 1.165) is 18.2 Å². The van der Waals surface area contributed by atoms with Crippen LogP contribution in [0.2, 0.25) is 0 Å². The lowest BCUT2D eigenvalue weighted by atomic mass is 10.0. The summed E-state index contributed by atoms with van der Waals surface area (Å²) < 4.78 is 27.2. The maximum Gasteiger partial charge on any atom is 0.243 e. The van der Waals surface area contributed by atoms with Gasteiger partial charge in [0.1, 0.15) is 17.7 Å². The van der Waals surface area contributed by atoms with Gasteiger partial charge in [-0.15, -0.1) is 0 Å². The van der Waals surface area contributed by atoms with Crippen LogP contribution in [0.4, 0.5) is 8.78 Å². The van der Waals surface area contributed by atoms with Gasteiger partial charge in [0, 0.05) is 12.0 Å². The molecule has 0 bridgehead atoms. The quantitative estimate of drug-likeness (QED) is 0.669. The Hall–Kier alpha value is -2.02. The topological polar surface area (TPSA) is 78.4 Å². The minimum Gasteiger partial charge on any atom is -0.394 e. The van der Waals surface area contributed by atoms with Crippen molar-refractivity contribution in [3.8, 4) is 0 Å². The first-order chi connectivity index (χ1) is 11.6. The number of nitrogens with one attached hydrogen (secondary N) is 2. The van der Waals surface area contributed by atoms with E-state index in [2.05, 4.69) is 10.6 Å². The van der Waals surface area contributed by atoms with Gasteiger partial charge in [-0.1, -0.05) is 27.7 Å². The van der Waals surface area contributed by atoms with Gasteiger partial charge in [-0.25, -0.2) is 8.78 Å². The van der Waals surface area contributed by atoms with Crippen LogP contribution in [0.1, 0.15) is 45.7 Å². The fourth-order valence-electron chi connectivity index (χ4n) is 2.40. The molecule has 2 unspecified atom stereocenters. The van der Waals surface area contributed by atoms with E-state index < -0.39 is 36.2 Å². The first-order valence-corrected chi connectivity index (χ1v) is 8.31. The monoisotopic (exact) mass is 356 g/mol. The zero-order chi connectivity index (χ0) is 19.1. The van der Waals surface area contributed by atoms with Gasteiger partial charge in [-0.2, -0.15) is 0 Å². The van der Waals surface area contributed by atoms with Gasteiger partial charge >= 0.3 is 0 Å². The number of carbonyl (C=O) groups excluding carboxylic acids is 2. The summed E-state index contributed by atoms with van der Waals surface area (Å²) in [6, 6.07) is 0.878. The van der Waals surface area contributed by atoms with Crippen molar-refractivity contribution in [1.82, 2.24) is 10.6 Å². The van der Waals surface area contributed by atoms with Crippen molar-refractivity contribution in [2.45, 2.75) is 46.2 Å². The van der Waals surface area contributed by atoms with Gasteiger partial charge in [0.2, 0.25) is 11.8 Å². The predicted molar refractivity (Wildman–Crippen MR) is 90.6 cm³/mol. The fraction of sp³-hybridized carbons (Fsp3) is 0.556. The molecule has 0 aromatic heterocycles. The van der Waals surface area contributed by atoms with Gasteiger partial charge in [0.15, 0.2) is 0 Å². The Kier molecular flexibility index (Phi) is 7.96. The number of carbonyl (C=O) groups is 2. The largest absolute Gasteiger partial charge is 0.394 e. The van der Waals surface area contributed by atoms with E-state index in [1.807, 2.05) is 13.8 Å². The van der Waals surface area contributed by atoms with Crippen LogP contribution in [0.5, 0.6) is 0 Å². The molecule has 0 aliphatic rings. The van der Waals surface area contributed by atoms with Crippen molar-refractivity contribution in [3.05, 3.63) is 35.4 Å². The third-order valence-corrected chi connectivity index (χ3v) is 3.69. The number of rotatable bonds is 8. The fourth-order valence-corrected chi connectivity index (χ4v) is 2.40. The maximum absolute atomic E-state index is 13.9. The van der Waals surface area contributed by atoms with Crippen molar-refractivity contribution in [2.24, 2.45) is 11.8 Å². The van der Waals surface area contributed by atoms with Crippen molar-refractivity contribution < 1.29 is 23.5 Å². The summed E-state index contributed by atoms with van der Waals surface area (Å²) in [4.78, 5) is 24.4. The number of aliphatic hydroxyl groups is 1. The molecule has 0 saturated carbocycles. The molecule has 1 rings (SSSR count). The zero-order valence-electron chi connectivity index (χ0n) is 15.0. The Labute approximate surface area is 146 Å². The van der Waals surface area contributed by atoms with Gasteiger partial charge in [-0.3, -0.25) is 9.59 Å². The molecule has 2 atom stereocenters. The van der Waals surface area contributed by atoms with Crippen LogP contribution in [0.3, 0.4) is 0 Å². The minimum absolute atomic E-state index is 0.141. The van der Waals surface area contributed by atoms with Crippen molar-refractivity contribution in [1.29, 1.82) is 0 Å². The molecule has 1 aromatic carbocycles. The summed E-state index contributed by atoms with van der Waals surface area (Å²) in [5.74, 6) is -2.30. The van der Waals surface area contributed by atoms with E-state index >= 15 is 0 Å². The molecule has 0 radical (unpaired) electrons. The van der Waals surface area contributed by atoms with Gasteiger partial charge in [0.25, 0.3) is 0 Å². The Balaban J connectivity index is 2.90. The van der Waals surface area contributed by atoms with Crippen LogP contribution < -0.4 is 10.6 Å². The van der Waals surface area contributed by atoms with E-state index in [0.29, 0.717) is 0 Å². The highest BCUT2D eigenvalue weighted by Gasteiger charge is 2.27. The molecule has 0 aliphatic carbocycles. The average molecular weight is 356 g/mol. The molecule has 0 aliphatic heterocycles. The summed E-state index contributed by atoms with van der Waals surface area (Å²) in [6.07, 6.45) is 0.276. The summed E-state index contributed by atoms with van der Waals surface area (Å²) in [6.45, 7) is 6.70. The first kappa shape index (κ1) is 21.0. The molecule has 0 fully saturated rings. The van der Waals surface area contributed by atoms with Crippen LogP contribution in [-0.4, -0.2) is 29.6 Å². The van der Waals surface area contributed by atoms with E-state index in [1.54, 1.807) is 13.8 Å². The summed E-state index contributed by atoms with van der Waals surface area (Å²) in [7, 11) is 0. The Morgan fingerprint density at radius 3 is 2.28 bits per heavy atom. The number of amides is 2. The molecule has 1 aromatic rings. The molecule has 3 N–H and O–H groups in total. The molecule has 25 heavy (non-hydrogen) atoms. The second-order valence-electron chi connectivity index (χ2n) is 6.80. The van der Waals surface area contributed by atoms with Crippen molar-refractivity contribution >= 4 is 11.8 Å². The van der Waals surface area contributed by atoms with Crippen molar-refractivity contribution in [2.75, 3.05) is 6.61 Å². The number of hydrogen-bond donors (Lipinski definition) is 3. The van der Waals surface area contributed by atoms with Crippen LogP contribution >= 0.6 is 0 Å². The van der Waals surface area contributed by atoms with Crippen LogP contribution in [0.15, 0.2) is 18.2 Å². The van der Waals surface area contributed by atoms with Gasteiger partial charge in [-0.05, 0) is 30.0 Å². The third-order valence-electron chi connectivity index (χ3n) is 3.69. The standard InChI is InChI=1S/C18H26F2N2O3/c1-10(2)7-16(24)22-17(11(3)4)18(25)21-15(9-23)13-8-12(19)5-6-14(13)20/h5-6,8,10-11,15,17,23H,7,9H2,1-4H3,(H,21,25)(H,22,24). The van der Waals surface area contributed by atoms with E-state index in [9.17, 15) is 23.5 Å². The van der Waals surface area contributed by atoms with Gasteiger partial charge < -0.3 is 15.7 Å². The lowest BCUT2D eigenvalue weighted by Crippen LogP contribution is -2.51. The highest BCUT2D eigenvalue weighted by molar-refractivity contribution is 5.88. The van der Waals surface area contributed by atoms with E-state index in [1.165, 1.54) is 0 Å². The number of benzene rings is 1. The molecule has 140 valence electrons. The first-order valence-electron chi connectivity index (χ1n) is 8.31. The minimum atomic E-state index is -1.11. The molecule has 2 amide bonds. The smallest absolute Gasteiger partial charge is 0.243 e. The molecular weight excluding hydrogens is 330 g/mol. The second kappa shape index (κ2) is 9.46. The molecule has 7 heteroatoms. The lowest BCUT2D eigenvalue weighted by molar-refractivity contribution is -0.131. The summed E-state index contributed by atoms with van der Waals surface area (Å²) in [5.41, 5.74) is -0.146. The number of hydrogen-bond acceptors (Lipinski definition) is 3. The average Bonchev–Trinajstić information content (AvgIpc) is 2.51. The Bertz CT molecular complexity index is 606. The lowest BCUT2D eigenvalue weighted by Gasteiger charge is -2.25. The summed E-state index contributed by atoms with van der Waals surface area (Å²) >= 11 is 0. The molecule has 0 heterocycles. The highest BCUT2D eigenvalue weighted by atomic mass is 19.1. The third kappa shape index (κ3) is 6.42. The Morgan fingerprint density at radius 2 is 1.76 bits per heavy atom. The summed E-state index contributed by atoms with van der Waals surface area (Å²) in [5, 5.41) is 14.6. The normalized spacial score (nSPS) is 13.6. The van der Waals surface area contributed by atoms with E-state index in [4.69, 9.17) is 0 Å². The molecule has 0 saturated heterocycles. The Morgan fingerprint density at radius 1 is 1.12 bits per heavy atom. The molecule has 0 spiro atoms. The zero-order valence-corrected chi connectivity index (χ0v) is 15.0. The SMILES string of the molecule is CC(C)CC(=O)NC(C(=O)NC(CO)c1cc(F)ccc1F)C(C)C.